The SMILES string of the molecule is CCN(c1cc2c(cc1Br)C(NC)C(=O)N2)C1CC1. The van der Waals surface area contributed by atoms with Crippen molar-refractivity contribution in [2.75, 3.05) is 23.8 Å². The number of amides is 1. The summed E-state index contributed by atoms with van der Waals surface area (Å²) in [6, 6.07) is 4.58. The third-order valence-corrected chi connectivity index (χ3v) is 4.51. The van der Waals surface area contributed by atoms with Gasteiger partial charge in [0.05, 0.1) is 5.69 Å². The van der Waals surface area contributed by atoms with E-state index in [1.54, 1.807) is 0 Å². The van der Waals surface area contributed by atoms with E-state index in [9.17, 15) is 4.79 Å². The molecule has 1 amide bonds. The Morgan fingerprint density at radius 3 is 2.79 bits per heavy atom. The van der Waals surface area contributed by atoms with Crippen LogP contribution in [0.5, 0.6) is 0 Å². The van der Waals surface area contributed by atoms with Crippen LogP contribution in [0.3, 0.4) is 0 Å². The van der Waals surface area contributed by atoms with Crippen molar-refractivity contribution in [2.45, 2.75) is 31.8 Å². The number of carbonyl (C=O) groups is 1. The smallest absolute Gasteiger partial charge is 0.246 e. The number of carbonyl (C=O) groups excluding carboxylic acids is 1. The fourth-order valence-electron chi connectivity index (χ4n) is 2.79. The molecule has 5 heteroatoms. The summed E-state index contributed by atoms with van der Waals surface area (Å²) in [4.78, 5) is 14.3. The number of halogens is 1. The van der Waals surface area contributed by atoms with Gasteiger partial charge in [-0.1, -0.05) is 0 Å². The molecule has 0 radical (unpaired) electrons. The van der Waals surface area contributed by atoms with Crippen LogP contribution in [0.1, 0.15) is 31.4 Å². The van der Waals surface area contributed by atoms with Crippen LogP contribution in [0.15, 0.2) is 16.6 Å². The summed E-state index contributed by atoms with van der Waals surface area (Å²) in [6.45, 7) is 3.17. The lowest BCUT2D eigenvalue weighted by Crippen LogP contribution is -2.25. The lowest BCUT2D eigenvalue weighted by molar-refractivity contribution is -0.117. The molecule has 2 N–H and O–H groups in total. The second-order valence-electron chi connectivity index (χ2n) is 5.12. The number of nitrogens with one attached hydrogen (secondary N) is 2. The molecule has 1 aromatic rings. The molecule has 1 aromatic carbocycles. The Balaban J connectivity index is 2.01. The molecular weight excluding hydrogens is 306 g/mol. The molecule has 4 nitrogen and oxygen atoms in total. The van der Waals surface area contributed by atoms with Crippen LogP contribution in [0.4, 0.5) is 11.4 Å². The van der Waals surface area contributed by atoms with Gasteiger partial charge in [0.15, 0.2) is 0 Å². The Labute approximate surface area is 121 Å². The third kappa shape index (κ3) is 2.15. The standard InChI is InChI=1S/C14H18BrN3O/c1-3-18(8-4-5-8)12-7-11-9(6-10(12)15)13(16-2)14(19)17-11/h6-8,13,16H,3-5H2,1-2H3,(H,17,19). The van der Waals surface area contributed by atoms with Gasteiger partial charge in [-0.3, -0.25) is 4.79 Å². The van der Waals surface area contributed by atoms with Crippen molar-refractivity contribution >= 4 is 33.2 Å². The van der Waals surface area contributed by atoms with E-state index in [-0.39, 0.29) is 11.9 Å². The molecule has 0 saturated heterocycles. The van der Waals surface area contributed by atoms with Crippen LogP contribution in [0, 0.1) is 0 Å². The van der Waals surface area contributed by atoms with Gasteiger partial charge in [-0.05, 0) is 54.9 Å². The van der Waals surface area contributed by atoms with E-state index in [0.29, 0.717) is 6.04 Å². The number of benzene rings is 1. The highest BCUT2D eigenvalue weighted by molar-refractivity contribution is 9.10. The number of anilines is 2. The Bertz CT molecular complexity index is 528. The molecule has 1 saturated carbocycles. The first-order valence-electron chi connectivity index (χ1n) is 6.74. The van der Waals surface area contributed by atoms with Crippen molar-refractivity contribution in [1.29, 1.82) is 0 Å². The van der Waals surface area contributed by atoms with Crippen molar-refractivity contribution in [3.8, 4) is 0 Å². The van der Waals surface area contributed by atoms with Crippen LogP contribution in [-0.2, 0) is 4.79 Å². The van der Waals surface area contributed by atoms with Crippen LogP contribution in [0.2, 0.25) is 0 Å². The second kappa shape index (κ2) is 4.80. The molecule has 1 fully saturated rings. The summed E-state index contributed by atoms with van der Waals surface area (Å²) < 4.78 is 1.07. The Kier molecular flexibility index (Phi) is 3.27. The van der Waals surface area contributed by atoms with Crippen LogP contribution in [-0.4, -0.2) is 25.5 Å². The highest BCUT2D eigenvalue weighted by atomic mass is 79.9. The monoisotopic (exact) mass is 323 g/mol. The quantitative estimate of drug-likeness (QED) is 0.895. The lowest BCUT2D eigenvalue weighted by Gasteiger charge is -2.25. The Hall–Kier alpha value is -1.07. The zero-order chi connectivity index (χ0) is 13.6. The highest BCUT2D eigenvalue weighted by Crippen LogP contribution is 2.42. The van der Waals surface area contributed by atoms with Crippen molar-refractivity contribution in [3.63, 3.8) is 0 Å². The number of hydrogen-bond acceptors (Lipinski definition) is 3. The summed E-state index contributed by atoms with van der Waals surface area (Å²) in [6.07, 6.45) is 2.53. The Morgan fingerprint density at radius 2 is 2.21 bits per heavy atom. The molecule has 102 valence electrons. The molecule has 0 aromatic heterocycles. The molecule has 1 heterocycles. The van der Waals surface area contributed by atoms with E-state index in [4.69, 9.17) is 0 Å². The minimum absolute atomic E-state index is 0.0241. The predicted molar refractivity (Wildman–Crippen MR) is 80.6 cm³/mol. The van der Waals surface area contributed by atoms with Crippen molar-refractivity contribution in [2.24, 2.45) is 0 Å². The van der Waals surface area contributed by atoms with Gasteiger partial charge in [-0.2, -0.15) is 0 Å². The van der Waals surface area contributed by atoms with Gasteiger partial charge in [0.25, 0.3) is 0 Å². The molecule has 1 unspecified atom stereocenters. The van der Waals surface area contributed by atoms with Gasteiger partial charge >= 0.3 is 0 Å². The first kappa shape index (κ1) is 12.9. The van der Waals surface area contributed by atoms with Crippen molar-refractivity contribution < 1.29 is 4.79 Å². The zero-order valence-electron chi connectivity index (χ0n) is 11.2. The van der Waals surface area contributed by atoms with Gasteiger partial charge in [-0.15, -0.1) is 0 Å². The molecule has 2 aliphatic rings. The number of likely N-dealkylation sites (N-methyl/N-ethyl adjacent to an activating group) is 1. The number of nitrogens with zero attached hydrogens (tertiary/aromatic N) is 1. The normalized spacial score (nSPS) is 21.2. The topological polar surface area (TPSA) is 44.4 Å². The molecule has 3 rings (SSSR count). The average molecular weight is 324 g/mol. The van der Waals surface area contributed by atoms with Crippen molar-refractivity contribution in [1.82, 2.24) is 5.32 Å². The van der Waals surface area contributed by atoms with E-state index >= 15 is 0 Å². The molecular formula is C14H18BrN3O. The number of fused-ring (bicyclic) bond motifs is 1. The molecule has 0 spiro atoms. The summed E-state index contributed by atoms with van der Waals surface area (Å²) in [5.41, 5.74) is 3.14. The van der Waals surface area contributed by atoms with Gasteiger partial charge < -0.3 is 15.5 Å². The number of rotatable bonds is 4. The molecule has 1 atom stereocenters. The predicted octanol–water partition coefficient (Wildman–Crippen LogP) is 2.65. The van der Waals surface area contributed by atoms with Gasteiger partial charge in [-0.25, -0.2) is 0 Å². The van der Waals surface area contributed by atoms with Gasteiger partial charge in [0, 0.05) is 28.3 Å². The summed E-state index contributed by atoms with van der Waals surface area (Å²) in [5, 5.41) is 6.00. The Morgan fingerprint density at radius 1 is 1.47 bits per heavy atom. The average Bonchev–Trinajstić information content (AvgIpc) is 3.15. The highest BCUT2D eigenvalue weighted by Gasteiger charge is 2.33. The summed E-state index contributed by atoms with van der Waals surface area (Å²) in [7, 11) is 1.81. The van der Waals surface area contributed by atoms with Crippen LogP contribution >= 0.6 is 15.9 Å². The maximum atomic E-state index is 11.9. The minimum Gasteiger partial charge on any atom is -0.368 e. The van der Waals surface area contributed by atoms with E-state index in [2.05, 4.69) is 50.5 Å². The minimum atomic E-state index is -0.239. The first-order valence-corrected chi connectivity index (χ1v) is 7.53. The second-order valence-corrected chi connectivity index (χ2v) is 5.97. The summed E-state index contributed by atoms with van der Waals surface area (Å²) in [5.74, 6) is 0.0241. The van der Waals surface area contributed by atoms with E-state index in [0.717, 1.165) is 22.3 Å². The van der Waals surface area contributed by atoms with Gasteiger partial charge in [0.1, 0.15) is 6.04 Å². The fraction of sp³-hybridized carbons (Fsp3) is 0.500. The molecule has 19 heavy (non-hydrogen) atoms. The maximum Gasteiger partial charge on any atom is 0.246 e. The van der Waals surface area contributed by atoms with Crippen LogP contribution in [0.25, 0.3) is 0 Å². The molecule has 1 aliphatic carbocycles. The third-order valence-electron chi connectivity index (χ3n) is 3.88. The molecule has 1 aliphatic heterocycles. The summed E-state index contributed by atoms with van der Waals surface area (Å²) >= 11 is 3.66. The van der Waals surface area contributed by atoms with Gasteiger partial charge in [0.2, 0.25) is 5.91 Å². The fourth-order valence-corrected chi connectivity index (χ4v) is 3.38. The lowest BCUT2D eigenvalue weighted by atomic mass is 10.1. The van der Waals surface area contributed by atoms with Crippen molar-refractivity contribution in [3.05, 3.63) is 22.2 Å². The van der Waals surface area contributed by atoms with E-state index in [1.165, 1.54) is 18.5 Å². The van der Waals surface area contributed by atoms with Crippen LogP contribution < -0.4 is 15.5 Å². The molecule has 0 bridgehead atoms. The van der Waals surface area contributed by atoms with E-state index in [1.807, 2.05) is 7.05 Å². The maximum absolute atomic E-state index is 11.9. The number of hydrogen-bond donors (Lipinski definition) is 2. The first-order chi connectivity index (χ1) is 9.15. The zero-order valence-corrected chi connectivity index (χ0v) is 12.8. The van der Waals surface area contributed by atoms with E-state index < -0.39 is 0 Å². The largest absolute Gasteiger partial charge is 0.368 e.